The highest BCUT2D eigenvalue weighted by molar-refractivity contribution is 9.11. The Labute approximate surface area is 408 Å². The van der Waals surface area contributed by atoms with Crippen LogP contribution in [0.3, 0.4) is 0 Å². The number of unbranched alkanes of at least 4 members (excludes halogenated alkanes) is 20. The van der Waals surface area contributed by atoms with Crippen molar-refractivity contribution >= 4 is 65.3 Å². The summed E-state index contributed by atoms with van der Waals surface area (Å²) in [5.74, 6) is 1.80. The van der Waals surface area contributed by atoms with Crippen LogP contribution < -0.4 is 0 Å². The zero-order valence-corrected chi connectivity index (χ0v) is 45.2. The molecule has 348 valence electrons. The molecule has 0 nitrogen and oxygen atoms in total. The van der Waals surface area contributed by atoms with E-state index in [1.165, 1.54) is 269 Å². The minimum absolute atomic E-state index is 0.902. The first-order valence-electron chi connectivity index (χ1n) is 26.6. The first-order valence-corrected chi connectivity index (χ1v) is 29.8. The number of hydrogen-bond acceptors (Lipinski definition) is 2. The summed E-state index contributed by atoms with van der Waals surface area (Å²) in [6.45, 7) is 9.31. The first-order chi connectivity index (χ1) is 30.4. The standard InChI is InChI=1S/C58H90Br2S2/c1-5-9-13-17-21-25-31-47(32-26-22-18-14-10-6-2)35-29-37-51-45-55(59)61-57(51)53-41-39-50-44-54(42-40-49(50)43-53)58-52(46-56(60)62-58)38-30-36-48(33-27-23-19-15-11-7-3)34-28-24-20-16-12-8-4/h39-48H,5-38H2,1-4H3. The molecule has 4 aromatic rings. The smallest absolute Gasteiger partial charge is 0.0707 e. The van der Waals surface area contributed by atoms with Gasteiger partial charge in [0.1, 0.15) is 0 Å². The molecule has 4 heteroatoms. The molecule has 62 heavy (non-hydrogen) atoms. The van der Waals surface area contributed by atoms with Crippen molar-refractivity contribution in [3.05, 3.63) is 67.2 Å². The number of rotatable bonds is 38. The van der Waals surface area contributed by atoms with Crippen LogP contribution in [0.15, 0.2) is 56.1 Å². The second-order valence-corrected chi connectivity index (χ2v) is 24.2. The molecule has 0 aliphatic rings. The highest BCUT2D eigenvalue weighted by Crippen LogP contribution is 2.41. The molecule has 0 unspecified atom stereocenters. The third-order valence-corrected chi connectivity index (χ3v) is 17.4. The van der Waals surface area contributed by atoms with Gasteiger partial charge < -0.3 is 0 Å². The van der Waals surface area contributed by atoms with E-state index in [0.29, 0.717) is 0 Å². The maximum Gasteiger partial charge on any atom is 0.0707 e. The Bertz CT molecular complexity index is 1560. The Morgan fingerprint density at radius 3 is 0.968 bits per heavy atom. The van der Waals surface area contributed by atoms with Crippen LogP contribution in [-0.4, -0.2) is 0 Å². The van der Waals surface area contributed by atoms with E-state index < -0.39 is 0 Å². The minimum atomic E-state index is 0.902. The van der Waals surface area contributed by atoms with Crippen LogP contribution in [0.25, 0.3) is 31.7 Å². The second kappa shape index (κ2) is 33.5. The van der Waals surface area contributed by atoms with E-state index in [0.717, 1.165) is 11.8 Å². The molecule has 0 saturated heterocycles. The summed E-state index contributed by atoms with van der Waals surface area (Å²) in [4.78, 5) is 2.92. The molecule has 0 aliphatic carbocycles. The summed E-state index contributed by atoms with van der Waals surface area (Å²) in [6.07, 6.45) is 47.4. The molecule has 0 aliphatic heterocycles. The maximum absolute atomic E-state index is 3.90. The second-order valence-electron chi connectivity index (χ2n) is 19.3. The van der Waals surface area contributed by atoms with Crippen molar-refractivity contribution in [1.29, 1.82) is 0 Å². The molecule has 0 atom stereocenters. The van der Waals surface area contributed by atoms with Gasteiger partial charge in [-0.05, 0) is 127 Å². The van der Waals surface area contributed by atoms with Gasteiger partial charge in [-0.2, -0.15) is 0 Å². The molecule has 0 saturated carbocycles. The Morgan fingerprint density at radius 2 is 0.645 bits per heavy atom. The predicted molar refractivity (Wildman–Crippen MR) is 291 cm³/mol. The summed E-state index contributed by atoms with van der Waals surface area (Å²) >= 11 is 11.6. The van der Waals surface area contributed by atoms with E-state index in [9.17, 15) is 0 Å². The van der Waals surface area contributed by atoms with Crippen LogP contribution in [0.5, 0.6) is 0 Å². The normalized spacial score (nSPS) is 11.9. The van der Waals surface area contributed by atoms with Crippen molar-refractivity contribution in [1.82, 2.24) is 0 Å². The summed E-state index contributed by atoms with van der Waals surface area (Å²) in [5, 5.41) is 2.70. The fraction of sp³-hybridized carbons (Fsp3) is 0.690. The Balaban J connectivity index is 1.35. The number of halogens is 2. The van der Waals surface area contributed by atoms with Gasteiger partial charge in [0.15, 0.2) is 0 Å². The van der Waals surface area contributed by atoms with Gasteiger partial charge >= 0.3 is 0 Å². The highest BCUT2D eigenvalue weighted by atomic mass is 79.9. The third-order valence-electron chi connectivity index (χ3n) is 13.9. The van der Waals surface area contributed by atoms with Crippen LogP contribution in [-0.2, 0) is 12.8 Å². The quantitative estimate of drug-likeness (QED) is 0.0393. The van der Waals surface area contributed by atoms with Crippen molar-refractivity contribution in [2.45, 2.75) is 246 Å². The van der Waals surface area contributed by atoms with Gasteiger partial charge in [-0.1, -0.05) is 245 Å². The van der Waals surface area contributed by atoms with Gasteiger partial charge in [0.25, 0.3) is 0 Å². The van der Waals surface area contributed by atoms with E-state index >= 15 is 0 Å². The summed E-state index contributed by atoms with van der Waals surface area (Å²) in [5.41, 5.74) is 5.82. The molecule has 0 fully saturated rings. The van der Waals surface area contributed by atoms with Gasteiger partial charge in [0.2, 0.25) is 0 Å². The highest BCUT2D eigenvalue weighted by Gasteiger charge is 2.16. The molecule has 0 spiro atoms. The molecule has 2 aromatic carbocycles. The molecule has 0 radical (unpaired) electrons. The van der Waals surface area contributed by atoms with Crippen LogP contribution >= 0.6 is 54.5 Å². The Hall–Kier alpha value is -0.940. The number of fused-ring (bicyclic) bond motifs is 1. The van der Waals surface area contributed by atoms with E-state index in [4.69, 9.17) is 0 Å². The molecule has 2 aromatic heterocycles. The fourth-order valence-electron chi connectivity index (χ4n) is 10.1. The average molecular weight is 1010 g/mol. The lowest BCUT2D eigenvalue weighted by Crippen LogP contribution is -2.02. The van der Waals surface area contributed by atoms with Gasteiger partial charge in [0.05, 0.1) is 7.57 Å². The van der Waals surface area contributed by atoms with Gasteiger partial charge in [-0.25, -0.2) is 0 Å². The maximum atomic E-state index is 3.90. The monoisotopic (exact) mass is 1010 g/mol. The zero-order valence-electron chi connectivity index (χ0n) is 40.4. The van der Waals surface area contributed by atoms with E-state index in [1.54, 1.807) is 0 Å². The Morgan fingerprint density at radius 1 is 0.355 bits per heavy atom. The molecule has 2 heterocycles. The van der Waals surface area contributed by atoms with E-state index in [-0.39, 0.29) is 0 Å². The topological polar surface area (TPSA) is 0 Å². The molecule has 0 bridgehead atoms. The predicted octanol–water partition coefficient (Wildman–Crippen LogP) is 22.7. The SMILES string of the molecule is CCCCCCCCC(CCCCCCCC)CCCc1cc(Br)sc1-c1ccc2cc(-c3sc(Br)cc3CCCC(CCCCCCCC)CCCCCCCC)ccc2c1. The van der Waals surface area contributed by atoms with E-state index in [1.807, 2.05) is 22.7 Å². The lowest BCUT2D eigenvalue weighted by molar-refractivity contribution is 0.372. The Kier molecular flexibility index (Phi) is 29.0. The van der Waals surface area contributed by atoms with Crippen molar-refractivity contribution in [2.24, 2.45) is 11.8 Å². The molecule has 0 amide bonds. The van der Waals surface area contributed by atoms with Crippen molar-refractivity contribution in [3.8, 4) is 20.9 Å². The van der Waals surface area contributed by atoms with Gasteiger partial charge in [0, 0.05) is 9.75 Å². The molecular weight excluding hydrogens is 921 g/mol. The largest absolute Gasteiger partial charge is 0.128 e. The summed E-state index contributed by atoms with van der Waals surface area (Å²) < 4.78 is 2.53. The van der Waals surface area contributed by atoms with Crippen molar-refractivity contribution in [2.75, 3.05) is 0 Å². The minimum Gasteiger partial charge on any atom is -0.128 e. The summed E-state index contributed by atoms with van der Waals surface area (Å²) in [7, 11) is 0. The number of aryl methyl sites for hydroxylation is 2. The van der Waals surface area contributed by atoms with Crippen LogP contribution in [0, 0.1) is 11.8 Å². The van der Waals surface area contributed by atoms with Crippen LogP contribution in [0.1, 0.15) is 244 Å². The molecule has 4 rings (SSSR count). The molecular formula is C58H90Br2S2. The zero-order chi connectivity index (χ0) is 44.0. The number of hydrogen-bond donors (Lipinski definition) is 0. The lowest BCUT2D eigenvalue weighted by atomic mass is 9.89. The van der Waals surface area contributed by atoms with Crippen molar-refractivity contribution in [3.63, 3.8) is 0 Å². The lowest BCUT2D eigenvalue weighted by Gasteiger charge is -2.17. The van der Waals surface area contributed by atoms with Crippen molar-refractivity contribution < 1.29 is 0 Å². The van der Waals surface area contributed by atoms with Crippen LogP contribution in [0.2, 0.25) is 0 Å². The molecule has 0 N–H and O–H groups in total. The van der Waals surface area contributed by atoms with Crippen LogP contribution in [0.4, 0.5) is 0 Å². The van der Waals surface area contributed by atoms with E-state index in [2.05, 4.69) is 108 Å². The average Bonchev–Trinajstić information content (AvgIpc) is 3.85. The number of benzene rings is 2. The fourth-order valence-corrected chi connectivity index (χ4v) is 13.5. The van der Waals surface area contributed by atoms with Gasteiger partial charge in [-0.15, -0.1) is 22.7 Å². The third kappa shape index (κ3) is 21.1. The number of thiophene rings is 2. The first kappa shape index (κ1) is 53.7. The summed E-state index contributed by atoms with van der Waals surface area (Å²) in [6, 6.07) is 19.3. The van der Waals surface area contributed by atoms with Gasteiger partial charge in [-0.3, -0.25) is 0 Å².